The van der Waals surface area contributed by atoms with Crippen molar-refractivity contribution in [1.29, 1.82) is 0 Å². The van der Waals surface area contributed by atoms with Crippen LogP contribution in [0.2, 0.25) is 19.6 Å². The van der Waals surface area contributed by atoms with Gasteiger partial charge in [0.15, 0.2) is 8.32 Å². The molecule has 0 aliphatic heterocycles. The molecule has 2 unspecified atom stereocenters. The van der Waals surface area contributed by atoms with E-state index in [1.54, 1.807) is 0 Å². The summed E-state index contributed by atoms with van der Waals surface area (Å²) in [5.41, 5.74) is 0. The van der Waals surface area contributed by atoms with Gasteiger partial charge in [0.25, 0.3) is 0 Å². The average Bonchev–Trinajstić information content (AvgIpc) is 2.68. The number of rotatable bonds is 21. The molecule has 0 radical (unpaired) electrons. The first-order valence-corrected chi connectivity index (χ1v) is 16.4. The molecule has 0 amide bonds. The second-order valence-electron chi connectivity index (χ2n) is 10.3. The molecule has 31 heavy (non-hydrogen) atoms. The van der Waals surface area contributed by atoms with Crippen LogP contribution in [0.3, 0.4) is 0 Å². The molecular formula is C26H52O4Si. The monoisotopic (exact) mass is 456 g/mol. The minimum Gasteiger partial charge on any atom is -0.463 e. The topological polar surface area (TPSA) is 52.6 Å². The highest BCUT2D eigenvalue weighted by atomic mass is 28.4. The van der Waals surface area contributed by atoms with E-state index in [9.17, 15) is 9.59 Å². The first kappa shape index (κ1) is 30.3. The van der Waals surface area contributed by atoms with Gasteiger partial charge in [0, 0.05) is 12.0 Å². The maximum absolute atomic E-state index is 12.2. The Labute approximate surface area is 194 Å². The molecule has 3 atom stereocenters. The van der Waals surface area contributed by atoms with Crippen molar-refractivity contribution in [2.75, 3.05) is 0 Å². The molecule has 0 rings (SSSR count). The number of carbonyl (C=O) groups excluding carboxylic acids is 2. The first-order valence-electron chi connectivity index (χ1n) is 13.0. The maximum atomic E-state index is 12.2. The van der Waals surface area contributed by atoms with E-state index in [0.717, 1.165) is 38.4 Å². The fourth-order valence-corrected chi connectivity index (χ4v) is 5.29. The van der Waals surface area contributed by atoms with Crippen molar-refractivity contribution in [1.82, 2.24) is 0 Å². The van der Waals surface area contributed by atoms with Crippen LogP contribution in [0.25, 0.3) is 0 Å². The lowest BCUT2D eigenvalue weighted by Gasteiger charge is -2.24. The third-order valence-corrected chi connectivity index (χ3v) is 6.78. The minimum absolute atomic E-state index is 0.130. The number of hydrogen-bond acceptors (Lipinski definition) is 4. The fraction of sp³-hybridized carbons (Fsp3) is 0.923. The molecule has 0 saturated heterocycles. The van der Waals surface area contributed by atoms with E-state index in [1.807, 2.05) is 6.92 Å². The van der Waals surface area contributed by atoms with Gasteiger partial charge in [0.05, 0.1) is 12.5 Å². The van der Waals surface area contributed by atoms with E-state index >= 15 is 0 Å². The van der Waals surface area contributed by atoms with Crippen molar-refractivity contribution in [3.8, 4) is 0 Å². The summed E-state index contributed by atoms with van der Waals surface area (Å²) in [7, 11) is -1.53. The molecule has 4 nitrogen and oxygen atoms in total. The Morgan fingerprint density at radius 3 is 1.74 bits per heavy atom. The Kier molecular flexibility index (Phi) is 18.4. The molecule has 0 bridgehead atoms. The number of hydrogen-bond donors (Lipinski definition) is 0. The fourth-order valence-electron chi connectivity index (χ4n) is 3.97. The second kappa shape index (κ2) is 18.8. The molecule has 0 spiro atoms. The summed E-state index contributed by atoms with van der Waals surface area (Å²) in [5.74, 6) is -0.446. The van der Waals surface area contributed by atoms with Gasteiger partial charge in [0.2, 0.25) is 0 Å². The smallest absolute Gasteiger partial charge is 0.306 e. The Balaban J connectivity index is 3.79. The molecule has 0 aromatic carbocycles. The van der Waals surface area contributed by atoms with Crippen LogP contribution in [-0.4, -0.2) is 32.8 Å². The molecule has 184 valence electrons. The van der Waals surface area contributed by atoms with Gasteiger partial charge in [0.1, 0.15) is 6.29 Å². The number of carbonyl (C=O) groups is 2. The summed E-state index contributed by atoms with van der Waals surface area (Å²) in [6.45, 7) is 12.8. The second-order valence-corrected chi connectivity index (χ2v) is 14.8. The molecule has 0 fully saturated rings. The van der Waals surface area contributed by atoms with Crippen LogP contribution in [0.4, 0.5) is 0 Å². The van der Waals surface area contributed by atoms with Crippen LogP contribution in [0.15, 0.2) is 0 Å². The van der Waals surface area contributed by atoms with Crippen LogP contribution in [0.5, 0.6) is 0 Å². The SMILES string of the molecule is CCCCCCCCCCCCCC(C=O)CC(=O)OC(C)CC[C@@H](C)O[Si](C)(C)C. The predicted octanol–water partition coefficient (Wildman–Crippen LogP) is 7.84. The third kappa shape index (κ3) is 20.9. The summed E-state index contributed by atoms with van der Waals surface area (Å²) in [6.07, 6.45) is 17.9. The van der Waals surface area contributed by atoms with E-state index in [1.165, 1.54) is 57.8 Å². The standard InChI is InChI=1S/C26H52O4Si/c1-7-8-9-10-11-12-13-14-15-16-17-18-25(22-27)21-26(28)29-23(2)19-20-24(3)30-31(4,5)6/h22-25H,7-21H2,1-6H3/t23?,24-,25?/m1/s1. The van der Waals surface area contributed by atoms with Gasteiger partial charge in [-0.2, -0.15) is 0 Å². The molecule has 0 aliphatic rings. The quantitative estimate of drug-likeness (QED) is 0.0763. The van der Waals surface area contributed by atoms with Crippen LogP contribution < -0.4 is 0 Å². The van der Waals surface area contributed by atoms with Gasteiger partial charge in [-0.15, -0.1) is 0 Å². The molecule has 0 aromatic rings. The van der Waals surface area contributed by atoms with Crippen LogP contribution in [0.1, 0.15) is 117 Å². The number of esters is 1. The zero-order valence-corrected chi connectivity index (χ0v) is 22.5. The molecular weight excluding hydrogens is 404 g/mol. The zero-order valence-electron chi connectivity index (χ0n) is 21.5. The summed E-state index contributed by atoms with van der Waals surface area (Å²) in [4.78, 5) is 23.6. The van der Waals surface area contributed by atoms with Crippen LogP contribution in [0, 0.1) is 5.92 Å². The van der Waals surface area contributed by atoms with E-state index in [4.69, 9.17) is 9.16 Å². The first-order chi connectivity index (χ1) is 14.7. The summed E-state index contributed by atoms with van der Waals surface area (Å²) in [5, 5.41) is 0. The number of unbranched alkanes of at least 4 members (excludes halogenated alkanes) is 10. The van der Waals surface area contributed by atoms with Crippen molar-refractivity contribution in [2.45, 2.75) is 149 Å². The molecule has 0 N–H and O–H groups in total. The summed E-state index contributed by atoms with van der Waals surface area (Å²) >= 11 is 0. The van der Waals surface area contributed by atoms with E-state index in [0.29, 0.717) is 0 Å². The van der Waals surface area contributed by atoms with E-state index in [2.05, 4.69) is 33.5 Å². The molecule has 0 heterocycles. The average molecular weight is 457 g/mol. The van der Waals surface area contributed by atoms with Crippen molar-refractivity contribution in [2.24, 2.45) is 5.92 Å². The Morgan fingerprint density at radius 1 is 0.774 bits per heavy atom. The Bertz CT molecular complexity index is 447. The maximum Gasteiger partial charge on any atom is 0.306 e. The van der Waals surface area contributed by atoms with E-state index < -0.39 is 8.32 Å². The van der Waals surface area contributed by atoms with Crippen LogP contribution in [-0.2, 0) is 18.8 Å². The molecule has 0 aromatic heterocycles. The third-order valence-electron chi connectivity index (χ3n) is 5.67. The van der Waals surface area contributed by atoms with Crippen molar-refractivity contribution in [3.63, 3.8) is 0 Å². The van der Waals surface area contributed by atoms with E-state index in [-0.39, 0.29) is 30.5 Å². The lowest BCUT2D eigenvalue weighted by atomic mass is 9.98. The van der Waals surface area contributed by atoms with Gasteiger partial charge in [-0.25, -0.2) is 0 Å². The molecule has 0 aliphatic carbocycles. The summed E-state index contributed by atoms with van der Waals surface area (Å²) < 4.78 is 11.6. The highest BCUT2D eigenvalue weighted by Crippen LogP contribution is 2.17. The molecule has 5 heteroatoms. The normalized spacial score (nSPS) is 14.8. The van der Waals surface area contributed by atoms with Crippen molar-refractivity contribution < 1.29 is 18.8 Å². The predicted molar refractivity (Wildman–Crippen MR) is 134 cm³/mol. The van der Waals surface area contributed by atoms with Gasteiger partial charge in [-0.3, -0.25) is 4.79 Å². The summed E-state index contributed by atoms with van der Waals surface area (Å²) in [6, 6.07) is 0. The highest BCUT2D eigenvalue weighted by Gasteiger charge is 2.20. The van der Waals surface area contributed by atoms with Gasteiger partial charge in [-0.05, 0) is 52.8 Å². The van der Waals surface area contributed by atoms with Gasteiger partial charge in [-0.1, -0.05) is 77.6 Å². The van der Waals surface area contributed by atoms with Crippen molar-refractivity contribution in [3.05, 3.63) is 0 Å². The largest absolute Gasteiger partial charge is 0.463 e. The van der Waals surface area contributed by atoms with Crippen LogP contribution >= 0.6 is 0 Å². The highest BCUT2D eigenvalue weighted by molar-refractivity contribution is 6.69. The Morgan fingerprint density at radius 2 is 1.26 bits per heavy atom. The zero-order chi connectivity index (χ0) is 23.5. The minimum atomic E-state index is -1.53. The Hall–Kier alpha value is -0.683. The molecule has 0 saturated carbocycles. The number of ether oxygens (including phenoxy) is 1. The van der Waals surface area contributed by atoms with Crippen molar-refractivity contribution >= 4 is 20.6 Å². The lowest BCUT2D eigenvalue weighted by Crippen LogP contribution is -2.31. The number of aldehydes is 1. The van der Waals surface area contributed by atoms with Gasteiger partial charge < -0.3 is 14.0 Å². The lowest BCUT2D eigenvalue weighted by molar-refractivity contribution is -0.150. The van der Waals surface area contributed by atoms with Gasteiger partial charge >= 0.3 is 5.97 Å².